The summed E-state index contributed by atoms with van der Waals surface area (Å²) in [5.41, 5.74) is 1.62. The van der Waals surface area contributed by atoms with Crippen molar-refractivity contribution in [2.24, 2.45) is 0 Å². The molecule has 172 valence electrons. The van der Waals surface area contributed by atoms with Gasteiger partial charge in [0, 0.05) is 24.4 Å². The van der Waals surface area contributed by atoms with E-state index in [2.05, 4.69) is 5.32 Å². The van der Waals surface area contributed by atoms with E-state index in [0.717, 1.165) is 5.56 Å². The molecule has 2 heterocycles. The summed E-state index contributed by atoms with van der Waals surface area (Å²) in [5, 5.41) is 23.2. The molecule has 9 nitrogen and oxygen atoms in total. The first-order valence-electron chi connectivity index (χ1n) is 10.1. The highest BCUT2D eigenvalue weighted by Gasteiger charge is 2.20. The number of carbonyl (C=O) groups is 1. The highest BCUT2D eigenvalue weighted by Crippen LogP contribution is 2.31. The summed E-state index contributed by atoms with van der Waals surface area (Å²) in [5.74, 6) is 0.619. The number of carbonyl (C=O) groups excluding carboxylic acids is 1. The third-order valence-electron chi connectivity index (χ3n) is 5.06. The topological polar surface area (TPSA) is 122 Å². The molecule has 0 saturated carbocycles. The number of rotatable bonds is 6. The minimum Gasteiger partial charge on any atom is -0.459 e. The zero-order valence-corrected chi connectivity index (χ0v) is 18.7. The summed E-state index contributed by atoms with van der Waals surface area (Å²) < 4.78 is 11.1. The van der Waals surface area contributed by atoms with Crippen molar-refractivity contribution in [2.75, 3.05) is 11.9 Å². The van der Waals surface area contributed by atoms with Crippen LogP contribution >= 0.6 is 12.2 Å². The standard InChI is InChI=1S/C24H19N3O6S/c1-26(16-6-4-5-15(13-16)20-10-9-17(14-28)32-20)24(34)25-23(29)22-12-11-21(33-22)18-7-2-3-8-19(18)27(30)31/h2-13,28H,14H2,1H3,(H,25,29,34). The number of hydrogen-bond acceptors (Lipinski definition) is 7. The maximum absolute atomic E-state index is 12.7. The second kappa shape index (κ2) is 9.69. The van der Waals surface area contributed by atoms with E-state index in [-0.39, 0.29) is 34.5 Å². The van der Waals surface area contributed by atoms with Crippen molar-refractivity contribution in [1.82, 2.24) is 5.32 Å². The van der Waals surface area contributed by atoms with Gasteiger partial charge in [0.15, 0.2) is 10.9 Å². The molecule has 2 aromatic heterocycles. The van der Waals surface area contributed by atoms with E-state index in [1.54, 1.807) is 42.3 Å². The van der Waals surface area contributed by atoms with Gasteiger partial charge in [-0.05, 0) is 54.7 Å². The first kappa shape index (κ1) is 22.9. The van der Waals surface area contributed by atoms with E-state index in [0.29, 0.717) is 17.2 Å². The summed E-state index contributed by atoms with van der Waals surface area (Å²) in [4.78, 5) is 25.1. The zero-order valence-electron chi connectivity index (χ0n) is 17.9. The van der Waals surface area contributed by atoms with Crippen LogP contribution in [0.3, 0.4) is 0 Å². The minimum absolute atomic E-state index is 0.0372. The summed E-state index contributed by atoms with van der Waals surface area (Å²) >= 11 is 5.38. The molecular formula is C24H19N3O6S. The highest BCUT2D eigenvalue weighted by atomic mass is 32.1. The van der Waals surface area contributed by atoms with Crippen molar-refractivity contribution in [3.63, 3.8) is 0 Å². The van der Waals surface area contributed by atoms with Gasteiger partial charge in [-0.1, -0.05) is 24.3 Å². The molecule has 0 atom stereocenters. The van der Waals surface area contributed by atoms with Crippen molar-refractivity contribution in [3.8, 4) is 22.6 Å². The van der Waals surface area contributed by atoms with Gasteiger partial charge in [0.25, 0.3) is 11.6 Å². The average Bonchev–Trinajstić information content (AvgIpc) is 3.54. The first-order chi connectivity index (χ1) is 16.4. The number of benzene rings is 2. The van der Waals surface area contributed by atoms with Gasteiger partial charge >= 0.3 is 0 Å². The fourth-order valence-electron chi connectivity index (χ4n) is 3.29. The van der Waals surface area contributed by atoms with E-state index in [9.17, 15) is 20.0 Å². The molecule has 10 heteroatoms. The van der Waals surface area contributed by atoms with E-state index < -0.39 is 10.8 Å². The molecule has 34 heavy (non-hydrogen) atoms. The van der Waals surface area contributed by atoms with E-state index in [4.69, 9.17) is 21.1 Å². The van der Waals surface area contributed by atoms with Crippen LogP contribution in [0.1, 0.15) is 16.3 Å². The Morgan fingerprint density at radius 3 is 2.56 bits per heavy atom. The van der Waals surface area contributed by atoms with Crippen LogP contribution in [0.15, 0.2) is 81.6 Å². The number of thiocarbonyl (C=S) groups is 1. The lowest BCUT2D eigenvalue weighted by Crippen LogP contribution is -2.40. The number of hydrogen-bond donors (Lipinski definition) is 2. The van der Waals surface area contributed by atoms with Gasteiger partial charge in [-0.15, -0.1) is 0 Å². The lowest BCUT2D eigenvalue weighted by molar-refractivity contribution is -0.384. The molecular weight excluding hydrogens is 458 g/mol. The Bertz CT molecular complexity index is 1380. The number of amides is 1. The van der Waals surface area contributed by atoms with Gasteiger partial charge in [-0.25, -0.2) is 0 Å². The molecule has 0 spiro atoms. The Balaban J connectivity index is 1.48. The molecule has 2 aromatic carbocycles. The molecule has 0 aliphatic rings. The third-order valence-corrected chi connectivity index (χ3v) is 5.43. The van der Waals surface area contributed by atoms with Crippen LogP contribution in [0.4, 0.5) is 11.4 Å². The lowest BCUT2D eigenvalue weighted by Gasteiger charge is -2.20. The number of nitro groups is 1. The van der Waals surface area contributed by atoms with Gasteiger partial charge in [-0.2, -0.15) is 0 Å². The molecule has 0 aliphatic carbocycles. The normalized spacial score (nSPS) is 10.6. The molecule has 4 rings (SSSR count). The Labute approximate surface area is 199 Å². The predicted molar refractivity (Wildman–Crippen MR) is 129 cm³/mol. The van der Waals surface area contributed by atoms with Crippen LogP contribution in [0, 0.1) is 10.1 Å². The molecule has 0 saturated heterocycles. The number of nitrogens with one attached hydrogen (secondary N) is 1. The molecule has 0 radical (unpaired) electrons. The van der Waals surface area contributed by atoms with Crippen molar-refractivity contribution in [2.45, 2.75) is 6.61 Å². The van der Waals surface area contributed by atoms with Gasteiger partial charge in [0.2, 0.25) is 0 Å². The SMILES string of the molecule is CN(C(=S)NC(=O)c1ccc(-c2ccccc2[N+](=O)[O-])o1)c1cccc(-c2ccc(CO)o2)c1. The number of aliphatic hydroxyl groups is 1. The Hall–Kier alpha value is -4.28. The summed E-state index contributed by atoms with van der Waals surface area (Å²) in [7, 11) is 1.70. The summed E-state index contributed by atoms with van der Waals surface area (Å²) in [6.45, 7) is -0.193. The highest BCUT2D eigenvalue weighted by molar-refractivity contribution is 7.80. The van der Waals surface area contributed by atoms with Crippen LogP contribution in [0.5, 0.6) is 0 Å². The molecule has 4 aromatic rings. The predicted octanol–water partition coefficient (Wildman–Crippen LogP) is 4.76. The van der Waals surface area contributed by atoms with Crippen molar-refractivity contribution in [3.05, 3.63) is 94.4 Å². The van der Waals surface area contributed by atoms with E-state index in [1.807, 2.05) is 24.3 Å². The van der Waals surface area contributed by atoms with Crippen LogP contribution in [0.25, 0.3) is 22.6 Å². The Morgan fingerprint density at radius 2 is 1.82 bits per heavy atom. The number of nitro benzene ring substituents is 1. The largest absolute Gasteiger partial charge is 0.459 e. The number of anilines is 1. The maximum atomic E-state index is 12.7. The smallest absolute Gasteiger partial charge is 0.293 e. The molecule has 2 N–H and O–H groups in total. The van der Waals surface area contributed by atoms with Crippen molar-refractivity contribution >= 4 is 34.6 Å². The van der Waals surface area contributed by atoms with Gasteiger partial charge < -0.3 is 18.8 Å². The molecule has 0 unspecified atom stereocenters. The van der Waals surface area contributed by atoms with Crippen LogP contribution in [0.2, 0.25) is 0 Å². The monoisotopic (exact) mass is 477 g/mol. The number of para-hydroxylation sites is 1. The minimum atomic E-state index is -0.587. The van der Waals surface area contributed by atoms with Gasteiger partial charge in [-0.3, -0.25) is 20.2 Å². The summed E-state index contributed by atoms with van der Waals surface area (Å²) in [6.07, 6.45) is 0. The van der Waals surface area contributed by atoms with Crippen LogP contribution < -0.4 is 10.2 Å². The number of furan rings is 2. The average molecular weight is 477 g/mol. The van der Waals surface area contributed by atoms with Crippen LogP contribution in [-0.4, -0.2) is 28.1 Å². The summed E-state index contributed by atoms with van der Waals surface area (Å²) in [6, 6.07) is 19.8. The molecule has 1 amide bonds. The third kappa shape index (κ3) is 4.72. The molecule has 0 fully saturated rings. The second-order valence-electron chi connectivity index (χ2n) is 7.23. The Kier molecular flexibility index (Phi) is 6.53. The fourth-order valence-corrected chi connectivity index (χ4v) is 3.49. The fraction of sp³-hybridized carbons (Fsp3) is 0.0833. The van der Waals surface area contributed by atoms with Crippen molar-refractivity contribution < 1.29 is 23.7 Å². The van der Waals surface area contributed by atoms with E-state index in [1.165, 1.54) is 18.2 Å². The van der Waals surface area contributed by atoms with Gasteiger partial charge in [0.05, 0.1) is 10.5 Å². The quantitative estimate of drug-likeness (QED) is 0.232. The Morgan fingerprint density at radius 1 is 1.06 bits per heavy atom. The van der Waals surface area contributed by atoms with Crippen LogP contribution in [-0.2, 0) is 6.61 Å². The number of aliphatic hydroxyl groups excluding tert-OH is 1. The number of nitrogens with zero attached hydrogens (tertiary/aromatic N) is 2. The maximum Gasteiger partial charge on any atom is 0.293 e. The molecule has 0 aliphatic heterocycles. The van der Waals surface area contributed by atoms with E-state index >= 15 is 0 Å². The van der Waals surface area contributed by atoms with Crippen molar-refractivity contribution in [1.29, 1.82) is 0 Å². The molecule has 0 bridgehead atoms. The van der Waals surface area contributed by atoms with Gasteiger partial charge in [0.1, 0.15) is 23.9 Å². The lowest BCUT2D eigenvalue weighted by atomic mass is 10.1. The zero-order chi connectivity index (χ0) is 24.2. The first-order valence-corrected chi connectivity index (χ1v) is 10.5. The second-order valence-corrected chi connectivity index (χ2v) is 7.62.